The maximum absolute atomic E-state index is 11.5. The zero-order valence-corrected chi connectivity index (χ0v) is 10.7. The van der Waals surface area contributed by atoms with Gasteiger partial charge in [-0.25, -0.2) is 0 Å². The molecule has 0 aromatic carbocycles. The van der Waals surface area contributed by atoms with Gasteiger partial charge in [-0.05, 0) is 34.6 Å². The summed E-state index contributed by atoms with van der Waals surface area (Å²) in [5.41, 5.74) is -0.501. The van der Waals surface area contributed by atoms with E-state index in [-0.39, 0.29) is 18.4 Å². The molecular formula is C11H22N2O3. The van der Waals surface area contributed by atoms with Crippen LogP contribution in [0.5, 0.6) is 0 Å². The van der Waals surface area contributed by atoms with Crippen LogP contribution in [0.3, 0.4) is 0 Å². The number of amides is 1. The van der Waals surface area contributed by atoms with E-state index in [1.54, 1.807) is 27.7 Å². The fraction of sp³-hybridized carbons (Fsp3) is 0.818. The van der Waals surface area contributed by atoms with E-state index < -0.39 is 11.6 Å². The lowest BCUT2D eigenvalue weighted by Crippen LogP contribution is -2.43. The van der Waals surface area contributed by atoms with Gasteiger partial charge in [0.2, 0.25) is 5.91 Å². The number of carbonyl (C=O) groups is 2. The average molecular weight is 230 g/mol. The summed E-state index contributed by atoms with van der Waals surface area (Å²) in [6, 6.07) is -0.484. The Bertz CT molecular complexity index is 246. The normalized spacial score (nSPS) is 13.1. The van der Waals surface area contributed by atoms with E-state index in [0.29, 0.717) is 6.54 Å². The summed E-state index contributed by atoms with van der Waals surface area (Å²) >= 11 is 0. The second kappa shape index (κ2) is 6.48. The maximum Gasteiger partial charge on any atom is 0.323 e. The number of nitrogens with one attached hydrogen (secondary N) is 2. The molecule has 1 unspecified atom stereocenters. The van der Waals surface area contributed by atoms with Crippen molar-refractivity contribution in [1.82, 2.24) is 10.6 Å². The molecule has 0 aliphatic rings. The van der Waals surface area contributed by atoms with Crippen LogP contribution in [0.15, 0.2) is 0 Å². The standard InChI is InChI=1S/C11H22N2O3/c1-6-12-9(14)7-13-8(2)10(15)16-11(3,4)5/h8,13H,6-7H2,1-5H3,(H,12,14). The molecule has 0 aromatic rings. The third-order valence-corrected chi connectivity index (χ3v) is 1.70. The van der Waals surface area contributed by atoms with Crippen molar-refractivity contribution in [3.63, 3.8) is 0 Å². The van der Waals surface area contributed by atoms with Gasteiger partial charge in [0.1, 0.15) is 11.6 Å². The van der Waals surface area contributed by atoms with E-state index in [1.165, 1.54) is 0 Å². The van der Waals surface area contributed by atoms with Gasteiger partial charge < -0.3 is 10.1 Å². The molecule has 0 rings (SSSR count). The van der Waals surface area contributed by atoms with Crippen molar-refractivity contribution in [3.05, 3.63) is 0 Å². The summed E-state index contributed by atoms with van der Waals surface area (Å²) in [5.74, 6) is -0.477. The van der Waals surface area contributed by atoms with E-state index in [9.17, 15) is 9.59 Å². The van der Waals surface area contributed by atoms with Crippen LogP contribution in [0, 0.1) is 0 Å². The van der Waals surface area contributed by atoms with Gasteiger partial charge in [-0.1, -0.05) is 0 Å². The highest BCUT2D eigenvalue weighted by Gasteiger charge is 2.21. The van der Waals surface area contributed by atoms with Crippen molar-refractivity contribution in [2.75, 3.05) is 13.1 Å². The van der Waals surface area contributed by atoms with E-state index in [0.717, 1.165) is 0 Å². The molecule has 0 heterocycles. The first-order chi connectivity index (χ1) is 7.26. The average Bonchev–Trinajstić information content (AvgIpc) is 2.11. The van der Waals surface area contributed by atoms with Gasteiger partial charge in [-0.15, -0.1) is 0 Å². The number of rotatable bonds is 5. The molecule has 0 aliphatic carbocycles. The van der Waals surface area contributed by atoms with Gasteiger partial charge >= 0.3 is 5.97 Å². The largest absolute Gasteiger partial charge is 0.459 e. The summed E-state index contributed by atoms with van der Waals surface area (Å²) < 4.78 is 5.16. The Hall–Kier alpha value is -1.10. The highest BCUT2D eigenvalue weighted by atomic mass is 16.6. The minimum atomic E-state index is -0.501. The first-order valence-corrected chi connectivity index (χ1v) is 5.49. The van der Waals surface area contributed by atoms with Crippen LogP contribution >= 0.6 is 0 Å². The first kappa shape index (κ1) is 14.9. The number of hydrogen-bond acceptors (Lipinski definition) is 4. The lowest BCUT2D eigenvalue weighted by molar-refractivity contribution is -0.156. The molecule has 0 saturated carbocycles. The Morgan fingerprint density at radius 2 is 1.88 bits per heavy atom. The fourth-order valence-corrected chi connectivity index (χ4v) is 0.979. The van der Waals surface area contributed by atoms with Gasteiger partial charge in [0.15, 0.2) is 0 Å². The molecule has 16 heavy (non-hydrogen) atoms. The monoisotopic (exact) mass is 230 g/mol. The van der Waals surface area contributed by atoms with Crippen LogP contribution in [-0.4, -0.2) is 36.6 Å². The Morgan fingerprint density at radius 1 is 1.31 bits per heavy atom. The molecule has 0 saturated heterocycles. The molecule has 0 fully saturated rings. The Kier molecular flexibility index (Phi) is 6.03. The van der Waals surface area contributed by atoms with Crippen LogP contribution in [0.4, 0.5) is 0 Å². The topological polar surface area (TPSA) is 67.4 Å². The van der Waals surface area contributed by atoms with Crippen molar-refractivity contribution in [1.29, 1.82) is 0 Å². The van der Waals surface area contributed by atoms with E-state index in [4.69, 9.17) is 4.74 Å². The van der Waals surface area contributed by atoms with E-state index >= 15 is 0 Å². The molecule has 2 N–H and O–H groups in total. The van der Waals surface area contributed by atoms with Crippen LogP contribution in [0.25, 0.3) is 0 Å². The number of carbonyl (C=O) groups excluding carboxylic acids is 2. The molecular weight excluding hydrogens is 208 g/mol. The summed E-state index contributed by atoms with van der Waals surface area (Å²) in [7, 11) is 0. The van der Waals surface area contributed by atoms with Crippen LogP contribution in [0.2, 0.25) is 0 Å². The van der Waals surface area contributed by atoms with E-state index in [2.05, 4.69) is 10.6 Å². The van der Waals surface area contributed by atoms with Gasteiger partial charge in [0.05, 0.1) is 6.54 Å². The predicted octanol–water partition coefficient (Wildman–Crippen LogP) is 0.442. The third-order valence-electron chi connectivity index (χ3n) is 1.70. The zero-order chi connectivity index (χ0) is 12.8. The summed E-state index contributed by atoms with van der Waals surface area (Å²) in [5, 5.41) is 5.44. The number of esters is 1. The molecule has 5 heteroatoms. The highest BCUT2D eigenvalue weighted by Crippen LogP contribution is 2.07. The molecule has 1 atom stereocenters. The number of ether oxygens (including phenoxy) is 1. The second-order valence-corrected chi connectivity index (χ2v) is 4.59. The van der Waals surface area contributed by atoms with Crippen molar-refractivity contribution in [2.24, 2.45) is 0 Å². The summed E-state index contributed by atoms with van der Waals surface area (Å²) in [6.45, 7) is 9.64. The Labute approximate surface area is 96.9 Å². The Balaban J connectivity index is 3.93. The third kappa shape index (κ3) is 7.23. The van der Waals surface area contributed by atoms with Crippen molar-refractivity contribution in [3.8, 4) is 0 Å². The van der Waals surface area contributed by atoms with Crippen LogP contribution < -0.4 is 10.6 Å². The molecule has 94 valence electrons. The lowest BCUT2D eigenvalue weighted by Gasteiger charge is -2.22. The molecule has 0 aliphatic heterocycles. The highest BCUT2D eigenvalue weighted by molar-refractivity contribution is 5.80. The van der Waals surface area contributed by atoms with Gasteiger partial charge in [0.25, 0.3) is 0 Å². The Morgan fingerprint density at radius 3 is 2.31 bits per heavy atom. The molecule has 0 radical (unpaired) electrons. The van der Waals surface area contributed by atoms with Gasteiger partial charge in [0, 0.05) is 6.54 Å². The number of hydrogen-bond donors (Lipinski definition) is 2. The minimum absolute atomic E-state index is 0.119. The van der Waals surface area contributed by atoms with Crippen LogP contribution in [-0.2, 0) is 14.3 Å². The van der Waals surface area contributed by atoms with Crippen molar-refractivity contribution < 1.29 is 14.3 Å². The SMILES string of the molecule is CCNC(=O)CNC(C)C(=O)OC(C)(C)C. The van der Waals surface area contributed by atoms with Crippen LogP contribution in [0.1, 0.15) is 34.6 Å². The predicted molar refractivity (Wildman–Crippen MR) is 62.0 cm³/mol. The fourth-order valence-electron chi connectivity index (χ4n) is 0.979. The second-order valence-electron chi connectivity index (χ2n) is 4.59. The van der Waals surface area contributed by atoms with E-state index in [1.807, 2.05) is 6.92 Å². The molecule has 0 bridgehead atoms. The lowest BCUT2D eigenvalue weighted by atomic mass is 10.2. The van der Waals surface area contributed by atoms with Crippen molar-refractivity contribution in [2.45, 2.75) is 46.3 Å². The minimum Gasteiger partial charge on any atom is -0.459 e. The number of likely N-dealkylation sites (N-methyl/N-ethyl adjacent to an activating group) is 1. The quantitative estimate of drug-likeness (QED) is 0.673. The smallest absolute Gasteiger partial charge is 0.323 e. The van der Waals surface area contributed by atoms with Crippen molar-refractivity contribution >= 4 is 11.9 Å². The molecule has 0 aromatic heterocycles. The first-order valence-electron chi connectivity index (χ1n) is 5.49. The maximum atomic E-state index is 11.5. The molecule has 0 spiro atoms. The summed E-state index contributed by atoms with van der Waals surface area (Å²) in [6.07, 6.45) is 0. The van der Waals surface area contributed by atoms with Gasteiger partial charge in [-0.3, -0.25) is 14.9 Å². The molecule has 1 amide bonds. The molecule has 5 nitrogen and oxygen atoms in total. The summed E-state index contributed by atoms with van der Waals surface area (Å²) in [4.78, 5) is 22.6. The zero-order valence-electron chi connectivity index (χ0n) is 10.7. The van der Waals surface area contributed by atoms with Gasteiger partial charge in [-0.2, -0.15) is 0 Å².